The van der Waals surface area contributed by atoms with Gasteiger partial charge in [0.05, 0.1) is 11.9 Å². The van der Waals surface area contributed by atoms with Crippen molar-refractivity contribution in [2.75, 3.05) is 23.7 Å². The minimum absolute atomic E-state index is 0.130. The van der Waals surface area contributed by atoms with Gasteiger partial charge >= 0.3 is 0 Å². The van der Waals surface area contributed by atoms with E-state index in [9.17, 15) is 18.0 Å². The molecule has 0 fully saturated rings. The number of hydrogen-bond donors (Lipinski definition) is 1. The van der Waals surface area contributed by atoms with Crippen molar-refractivity contribution < 1.29 is 18.0 Å². The zero-order valence-electron chi connectivity index (χ0n) is 21.7. The summed E-state index contributed by atoms with van der Waals surface area (Å²) in [6.45, 7) is 10.7. The topological polar surface area (TPSA) is 86.8 Å². The second kappa shape index (κ2) is 12.7. The van der Waals surface area contributed by atoms with Crippen LogP contribution in [0.3, 0.4) is 0 Å². The molecule has 0 heterocycles. The highest BCUT2D eigenvalue weighted by molar-refractivity contribution is 7.92. The van der Waals surface area contributed by atoms with Gasteiger partial charge < -0.3 is 10.2 Å². The van der Waals surface area contributed by atoms with E-state index in [2.05, 4.69) is 5.32 Å². The second-order valence-corrected chi connectivity index (χ2v) is 11.5. The number of nitrogens with zero attached hydrogens (tertiary/aromatic N) is 2. The normalized spacial score (nSPS) is 12.3. The summed E-state index contributed by atoms with van der Waals surface area (Å²) in [5, 5.41) is 2.91. The molecule has 2 rings (SSSR count). The number of sulfonamides is 1. The van der Waals surface area contributed by atoms with Crippen LogP contribution in [0.1, 0.15) is 50.3 Å². The van der Waals surface area contributed by atoms with E-state index in [1.165, 1.54) is 10.6 Å². The maximum atomic E-state index is 13.3. The summed E-state index contributed by atoms with van der Waals surface area (Å²) in [5.74, 6) is -0.0804. The van der Waals surface area contributed by atoms with Gasteiger partial charge in [0.15, 0.2) is 0 Å². The van der Waals surface area contributed by atoms with Gasteiger partial charge in [-0.15, -0.1) is 0 Å². The van der Waals surface area contributed by atoms with E-state index in [1.54, 1.807) is 17.9 Å². The third-order valence-electron chi connectivity index (χ3n) is 5.77. The van der Waals surface area contributed by atoms with Crippen LogP contribution in [0.25, 0.3) is 0 Å². The first-order valence-electron chi connectivity index (χ1n) is 12.1. The number of rotatable bonds is 12. The number of carbonyl (C=O) groups is 2. The van der Waals surface area contributed by atoms with Crippen molar-refractivity contribution in [3.05, 3.63) is 65.2 Å². The van der Waals surface area contributed by atoms with Crippen molar-refractivity contribution >= 4 is 27.5 Å². The Hall–Kier alpha value is -2.87. The smallest absolute Gasteiger partial charge is 0.242 e. The molecular formula is C27H39N3O4S. The molecule has 2 aromatic rings. The average molecular weight is 502 g/mol. The predicted molar refractivity (Wildman–Crippen MR) is 142 cm³/mol. The fourth-order valence-electron chi connectivity index (χ4n) is 3.71. The molecule has 0 aliphatic carbocycles. The number of hydrogen-bond acceptors (Lipinski definition) is 4. The number of amides is 2. The first-order chi connectivity index (χ1) is 16.4. The molecule has 0 bridgehead atoms. The van der Waals surface area contributed by atoms with Crippen LogP contribution in [0.2, 0.25) is 0 Å². The van der Waals surface area contributed by atoms with Gasteiger partial charge in [0.2, 0.25) is 21.8 Å². The standard InChI is InChI=1S/C27H39N3O4S/c1-20(2)18-28-27(32)23(5)29(19-24-14-12-21(3)13-15-24)26(31)11-8-16-30(35(6,33)34)25-10-7-9-22(4)17-25/h7,9-10,12-15,17,20,23H,8,11,16,18-19H2,1-6H3,(H,28,32). The first-order valence-corrected chi connectivity index (χ1v) is 13.9. The molecule has 0 aromatic heterocycles. The van der Waals surface area contributed by atoms with Gasteiger partial charge in [-0.05, 0) is 56.4 Å². The van der Waals surface area contributed by atoms with E-state index in [4.69, 9.17) is 0 Å². The minimum atomic E-state index is -3.51. The molecule has 1 atom stereocenters. The van der Waals surface area contributed by atoms with E-state index in [1.807, 2.05) is 70.2 Å². The molecule has 0 aliphatic rings. The summed E-state index contributed by atoms with van der Waals surface area (Å²) in [6, 6.07) is 14.5. The van der Waals surface area contributed by atoms with Crippen molar-refractivity contribution in [3.63, 3.8) is 0 Å². The van der Waals surface area contributed by atoms with Gasteiger partial charge in [-0.1, -0.05) is 55.8 Å². The largest absolute Gasteiger partial charge is 0.354 e. The van der Waals surface area contributed by atoms with Crippen molar-refractivity contribution in [2.24, 2.45) is 5.92 Å². The Labute approximate surface area is 210 Å². The Morgan fingerprint density at radius 2 is 1.63 bits per heavy atom. The van der Waals surface area contributed by atoms with Crippen LogP contribution in [-0.4, -0.2) is 50.5 Å². The van der Waals surface area contributed by atoms with Crippen LogP contribution in [0.5, 0.6) is 0 Å². The van der Waals surface area contributed by atoms with Gasteiger partial charge in [-0.25, -0.2) is 8.42 Å². The molecule has 35 heavy (non-hydrogen) atoms. The number of benzene rings is 2. The quantitative estimate of drug-likeness (QED) is 0.476. The SMILES string of the molecule is Cc1ccc(CN(C(=O)CCCN(c2cccc(C)c2)S(C)(=O)=O)C(C)C(=O)NCC(C)C)cc1. The molecule has 0 saturated carbocycles. The molecule has 1 N–H and O–H groups in total. The third kappa shape index (κ3) is 9.02. The monoisotopic (exact) mass is 501 g/mol. The summed E-state index contributed by atoms with van der Waals surface area (Å²) in [7, 11) is -3.51. The van der Waals surface area contributed by atoms with Gasteiger partial charge in [0.25, 0.3) is 0 Å². The molecule has 8 heteroatoms. The average Bonchev–Trinajstić information content (AvgIpc) is 2.78. The van der Waals surface area contributed by atoms with E-state index in [0.29, 0.717) is 31.1 Å². The number of nitrogens with one attached hydrogen (secondary N) is 1. The highest BCUT2D eigenvalue weighted by atomic mass is 32.2. The second-order valence-electron chi connectivity index (χ2n) is 9.60. The lowest BCUT2D eigenvalue weighted by Crippen LogP contribution is -2.48. The van der Waals surface area contributed by atoms with Crippen LogP contribution >= 0.6 is 0 Å². The summed E-state index contributed by atoms with van der Waals surface area (Å²) in [4.78, 5) is 27.7. The Kier molecular flexibility index (Phi) is 10.3. The maximum absolute atomic E-state index is 13.3. The summed E-state index contributed by atoms with van der Waals surface area (Å²) in [6.07, 6.45) is 1.64. The molecule has 0 saturated heterocycles. The van der Waals surface area contributed by atoms with E-state index < -0.39 is 16.1 Å². The molecular weight excluding hydrogens is 462 g/mol. The highest BCUT2D eigenvalue weighted by Crippen LogP contribution is 2.20. The number of carbonyl (C=O) groups excluding carboxylic acids is 2. The van der Waals surface area contributed by atoms with Crippen molar-refractivity contribution in [2.45, 2.75) is 60.0 Å². The molecule has 7 nitrogen and oxygen atoms in total. The lowest BCUT2D eigenvalue weighted by molar-refractivity contribution is -0.140. The lowest BCUT2D eigenvalue weighted by Gasteiger charge is -2.29. The Morgan fingerprint density at radius 1 is 0.971 bits per heavy atom. The zero-order valence-corrected chi connectivity index (χ0v) is 22.6. The summed E-state index contributed by atoms with van der Waals surface area (Å²) < 4.78 is 26.2. The van der Waals surface area contributed by atoms with Gasteiger partial charge in [0, 0.05) is 26.1 Å². The Morgan fingerprint density at radius 3 is 2.20 bits per heavy atom. The third-order valence-corrected chi connectivity index (χ3v) is 6.96. The van der Waals surface area contributed by atoms with Crippen molar-refractivity contribution in [1.82, 2.24) is 10.2 Å². The van der Waals surface area contributed by atoms with Gasteiger partial charge in [0.1, 0.15) is 6.04 Å². The van der Waals surface area contributed by atoms with Crippen LogP contribution in [0.15, 0.2) is 48.5 Å². The molecule has 0 spiro atoms. The highest BCUT2D eigenvalue weighted by Gasteiger charge is 2.26. The Balaban J connectivity index is 2.15. The minimum Gasteiger partial charge on any atom is -0.354 e. The van der Waals surface area contributed by atoms with Crippen LogP contribution in [0, 0.1) is 19.8 Å². The summed E-state index contributed by atoms with van der Waals surface area (Å²) >= 11 is 0. The molecule has 2 aromatic carbocycles. The van der Waals surface area contributed by atoms with E-state index in [-0.39, 0.29) is 24.8 Å². The van der Waals surface area contributed by atoms with E-state index >= 15 is 0 Å². The fraction of sp³-hybridized carbons (Fsp3) is 0.481. The van der Waals surface area contributed by atoms with Crippen LogP contribution in [0.4, 0.5) is 5.69 Å². The molecule has 0 aliphatic heterocycles. The molecule has 192 valence electrons. The fourth-order valence-corrected chi connectivity index (χ4v) is 4.67. The summed E-state index contributed by atoms with van der Waals surface area (Å²) in [5.41, 5.74) is 3.59. The first kappa shape index (κ1) is 28.4. The molecule has 1 unspecified atom stereocenters. The zero-order chi connectivity index (χ0) is 26.2. The molecule has 2 amide bonds. The van der Waals surface area contributed by atoms with Gasteiger partial charge in [-0.3, -0.25) is 13.9 Å². The number of aryl methyl sites for hydroxylation is 2. The van der Waals surface area contributed by atoms with Crippen molar-refractivity contribution in [3.8, 4) is 0 Å². The Bertz CT molecular complexity index is 1100. The van der Waals surface area contributed by atoms with E-state index in [0.717, 1.165) is 16.7 Å². The maximum Gasteiger partial charge on any atom is 0.242 e. The lowest BCUT2D eigenvalue weighted by atomic mass is 10.1. The van der Waals surface area contributed by atoms with Gasteiger partial charge in [-0.2, -0.15) is 0 Å². The number of anilines is 1. The van der Waals surface area contributed by atoms with Crippen LogP contribution in [-0.2, 0) is 26.2 Å². The molecule has 0 radical (unpaired) electrons. The van der Waals surface area contributed by atoms with Crippen molar-refractivity contribution in [1.29, 1.82) is 0 Å². The predicted octanol–water partition coefficient (Wildman–Crippen LogP) is 4.04. The van der Waals surface area contributed by atoms with Crippen LogP contribution < -0.4 is 9.62 Å².